The molecule has 0 aliphatic heterocycles. The predicted octanol–water partition coefficient (Wildman–Crippen LogP) is 3.93. The molecule has 0 spiro atoms. The summed E-state index contributed by atoms with van der Waals surface area (Å²) in [7, 11) is 0. The molecule has 1 unspecified atom stereocenters. The van der Waals surface area contributed by atoms with Gasteiger partial charge in [-0.15, -0.1) is 0 Å². The van der Waals surface area contributed by atoms with Crippen LogP contribution in [-0.4, -0.2) is 24.4 Å². The molecule has 0 saturated carbocycles. The Morgan fingerprint density at radius 1 is 1.15 bits per heavy atom. The molecule has 0 aliphatic carbocycles. The van der Waals surface area contributed by atoms with Crippen LogP contribution in [0.3, 0.4) is 0 Å². The second kappa shape index (κ2) is 7.24. The minimum absolute atomic E-state index is 0.164. The number of benzene rings is 1. The highest BCUT2D eigenvalue weighted by molar-refractivity contribution is 5.40. The van der Waals surface area contributed by atoms with Gasteiger partial charge in [0, 0.05) is 13.0 Å². The van der Waals surface area contributed by atoms with Crippen molar-refractivity contribution in [1.29, 1.82) is 0 Å². The predicted molar refractivity (Wildman–Crippen MR) is 85.4 cm³/mol. The highest BCUT2D eigenvalue weighted by Crippen LogP contribution is 2.27. The summed E-state index contributed by atoms with van der Waals surface area (Å²) >= 11 is 0. The largest absolute Gasteiger partial charge is 0.390 e. The number of ether oxygens (including phenoxy) is 1. The van der Waals surface area contributed by atoms with Crippen LogP contribution >= 0.6 is 0 Å². The Balaban J connectivity index is 2.81. The van der Waals surface area contributed by atoms with E-state index in [9.17, 15) is 5.11 Å². The van der Waals surface area contributed by atoms with Crippen LogP contribution in [0.25, 0.3) is 0 Å². The molecular formula is C18H30O2. The average molecular weight is 278 g/mol. The molecule has 2 heteroatoms. The molecule has 20 heavy (non-hydrogen) atoms. The van der Waals surface area contributed by atoms with Gasteiger partial charge in [-0.2, -0.15) is 0 Å². The maximum Gasteiger partial charge on any atom is 0.0814 e. The number of aliphatic hydroxyl groups excluding tert-OH is 1. The van der Waals surface area contributed by atoms with Gasteiger partial charge in [0.2, 0.25) is 0 Å². The first-order valence-corrected chi connectivity index (χ1v) is 7.62. The molecular weight excluding hydrogens is 248 g/mol. The summed E-state index contributed by atoms with van der Waals surface area (Å²) in [6.07, 6.45) is 1.25. The van der Waals surface area contributed by atoms with Gasteiger partial charge in [0.15, 0.2) is 0 Å². The Labute approximate surface area is 124 Å². The van der Waals surface area contributed by atoms with Crippen LogP contribution in [0.4, 0.5) is 0 Å². The summed E-state index contributed by atoms with van der Waals surface area (Å²) in [6, 6.07) is 4.50. The minimum atomic E-state index is -0.417. The Hall–Kier alpha value is -0.860. The molecule has 1 rings (SSSR count). The lowest BCUT2D eigenvalue weighted by Crippen LogP contribution is -2.20. The number of rotatable bonds is 6. The van der Waals surface area contributed by atoms with Crippen molar-refractivity contribution in [2.45, 2.75) is 65.9 Å². The van der Waals surface area contributed by atoms with Gasteiger partial charge in [0.25, 0.3) is 0 Å². The van der Waals surface area contributed by atoms with E-state index in [1.807, 2.05) is 0 Å². The monoisotopic (exact) mass is 278 g/mol. The highest BCUT2D eigenvalue weighted by Gasteiger charge is 2.17. The van der Waals surface area contributed by atoms with E-state index in [2.05, 4.69) is 53.7 Å². The third-order valence-electron chi connectivity index (χ3n) is 3.66. The second-order valence-corrected chi connectivity index (χ2v) is 6.77. The fourth-order valence-electron chi connectivity index (χ4n) is 2.41. The SMILES string of the molecule is CCCOCC(O)Cc1c(C)cc(C(C)(C)C)cc1C. The molecule has 1 aromatic carbocycles. The lowest BCUT2D eigenvalue weighted by atomic mass is 9.83. The maximum atomic E-state index is 10.1. The van der Waals surface area contributed by atoms with Crippen LogP contribution in [0.1, 0.15) is 56.4 Å². The standard InChI is InChI=1S/C18H30O2/c1-7-8-20-12-16(19)11-17-13(2)9-15(10-14(17)3)18(4,5)6/h9-10,16,19H,7-8,11-12H2,1-6H3. The number of hydrogen-bond acceptors (Lipinski definition) is 2. The van der Waals surface area contributed by atoms with Crippen LogP contribution in [0.15, 0.2) is 12.1 Å². The van der Waals surface area contributed by atoms with Crippen LogP contribution in [-0.2, 0) is 16.6 Å². The lowest BCUT2D eigenvalue weighted by molar-refractivity contribution is 0.0373. The van der Waals surface area contributed by atoms with Gasteiger partial charge in [0.05, 0.1) is 12.7 Å². The van der Waals surface area contributed by atoms with Gasteiger partial charge in [0.1, 0.15) is 0 Å². The van der Waals surface area contributed by atoms with Crippen molar-refractivity contribution in [3.8, 4) is 0 Å². The van der Waals surface area contributed by atoms with Crippen LogP contribution in [0, 0.1) is 13.8 Å². The molecule has 0 amide bonds. The molecule has 0 saturated heterocycles. The summed E-state index contributed by atoms with van der Waals surface area (Å²) in [5, 5.41) is 10.1. The topological polar surface area (TPSA) is 29.5 Å². The van der Waals surface area contributed by atoms with Gasteiger partial charge in [-0.05, 0) is 47.9 Å². The molecule has 0 fully saturated rings. The van der Waals surface area contributed by atoms with Crippen molar-refractivity contribution in [3.05, 3.63) is 34.4 Å². The Morgan fingerprint density at radius 3 is 2.15 bits per heavy atom. The molecule has 0 bridgehead atoms. The molecule has 114 valence electrons. The first-order valence-electron chi connectivity index (χ1n) is 7.62. The van der Waals surface area contributed by atoms with Crippen molar-refractivity contribution in [1.82, 2.24) is 0 Å². The van der Waals surface area contributed by atoms with E-state index in [0.29, 0.717) is 13.0 Å². The van der Waals surface area contributed by atoms with Crippen molar-refractivity contribution in [2.24, 2.45) is 0 Å². The molecule has 0 aliphatic rings. The average Bonchev–Trinajstić information content (AvgIpc) is 2.32. The van der Waals surface area contributed by atoms with Crippen LogP contribution in [0.5, 0.6) is 0 Å². The lowest BCUT2D eigenvalue weighted by Gasteiger charge is -2.23. The smallest absolute Gasteiger partial charge is 0.0814 e. The van der Waals surface area contributed by atoms with E-state index in [0.717, 1.165) is 13.0 Å². The molecule has 1 aromatic rings. The highest BCUT2D eigenvalue weighted by atomic mass is 16.5. The van der Waals surface area contributed by atoms with Gasteiger partial charge < -0.3 is 9.84 Å². The van der Waals surface area contributed by atoms with Crippen molar-refractivity contribution in [3.63, 3.8) is 0 Å². The number of aryl methyl sites for hydroxylation is 2. The van der Waals surface area contributed by atoms with Gasteiger partial charge in [-0.1, -0.05) is 39.8 Å². The molecule has 1 atom stereocenters. The van der Waals surface area contributed by atoms with Crippen LogP contribution in [0.2, 0.25) is 0 Å². The fourth-order valence-corrected chi connectivity index (χ4v) is 2.41. The molecule has 0 heterocycles. The van der Waals surface area contributed by atoms with E-state index in [1.54, 1.807) is 0 Å². The number of aliphatic hydroxyl groups is 1. The van der Waals surface area contributed by atoms with Crippen LogP contribution < -0.4 is 0 Å². The van der Waals surface area contributed by atoms with Crippen molar-refractivity contribution < 1.29 is 9.84 Å². The third-order valence-corrected chi connectivity index (χ3v) is 3.66. The van der Waals surface area contributed by atoms with E-state index < -0.39 is 6.10 Å². The molecule has 0 aromatic heterocycles. The summed E-state index contributed by atoms with van der Waals surface area (Å²) in [5.41, 5.74) is 5.31. The van der Waals surface area contributed by atoms with Gasteiger partial charge >= 0.3 is 0 Å². The third kappa shape index (κ3) is 4.92. The van der Waals surface area contributed by atoms with Crippen molar-refractivity contribution >= 4 is 0 Å². The van der Waals surface area contributed by atoms with E-state index in [1.165, 1.54) is 22.3 Å². The van der Waals surface area contributed by atoms with E-state index in [-0.39, 0.29) is 5.41 Å². The zero-order chi connectivity index (χ0) is 15.3. The van der Waals surface area contributed by atoms with E-state index >= 15 is 0 Å². The summed E-state index contributed by atoms with van der Waals surface area (Å²) < 4.78 is 5.42. The van der Waals surface area contributed by atoms with Gasteiger partial charge in [-0.25, -0.2) is 0 Å². The van der Waals surface area contributed by atoms with E-state index in [4.69, 9.17) is 4.74 Å². The maximum absolute atomic E-state index is 10.1. The molecule has 0 radical (unpaired) electrons. The zero-order valence-electron chi connectivity index (χ0n) is 13.9. The zero-order valence-corrected chi connectivity index (χ0v) is 13.9. The summed E-state index contributed by atoms with van der Waals surface area (Å²) in [5.74, 6) is 0. The summed E-state index contributed by atoms with van der Waals surface area (Å²) in [4.78, 5) is 0. The molecule has 2 nitrogen and oxygen atoms in total. The van der Waals surface area contributed by atoms with Crippen molar-refractivity contribution in [2.75, 3.05) is 13.2 Å². The first kappa shape index (κ1) is 17.2. The quantitative estimate of drug-likeness (QED) is 0.799. The minimum Gasteiger partial charge on any atom is -0.390 e. The number of hydrogen-bond donors (Lipinski definition) is 1. The molecule has 1 N–H and O–H groups in total. The first-order chi connectivity index (χ1) is 9.25. The summed E-state index contributed by atoms with van der Waals surface area (Å²) in [6.45, 7) is 14.2. The Kier molecular flexibility index (Phi) is 6.22. The Bertz CT molecular complexity index is 407. The second-order valence-electron chi connectivity index (χ2n) is 6.77. The fraction of sp³-hybridized carbons (Fsp3) is 0.667. The normalized spacial score (nSPS) is 13.6. The van der Waals surface area contributed by atoms with Gasteiger partial charge in [-0.3, -0.25) is 0 Å². The Morgan fingerprint density at radius 2 is 1.70 bits per heavy atom.